The number of amidine groups is 1. The van der Waals surface area contributed by atoms with Crippen LogP contribution >= 0.6 is 46.6 Å². The van der Waals surface area contributed by atoms with Crippen molar-refractivity contribution in [2.24, 2.45) is 4.99 Å². The number of amides is 1. The van der Waals surface area contributed by atoms with E-state index in [1.165, 1.54) is 11.8 Å². The van der Waals surface area contributed by atoms with Crippen molar-refractivity contribution in [3.8, 4) is 5.75 Å². The van der Waals surface area contributed by atoms with E-state index in [2.05, 4.69) is 0 Å². The fraction of sp³-hybridized carbons (Fsp3) is 0.120. The van der Waals surface area contributed by atoms with E-state index in [1.54, 1.807) is 71.6 Å². The van der Waals surface area contributed by atoms with Gasteiger partial charge in [-0.05, 0) is 91.0 Å². The molecule has 0 aromatic heterocycles. The molecule has 0 unspecified atom stereocenters. The van der Waals surface area contributed by atoms with Gasteiger partial charge in [-0.1, -0.05) is 41.7 Å². The third-order valence-electron chi connectivity index (χ3n) is 4.66. The summed E-state index contributed by atoms with van der Waals surface area (Å²) in [7, 11) is 0. The summed E-state index contributed by atoms with van der Waals surface area (Å²) in [4.78, 5) is 20.3. The molecule has 8 heteroatoms. The van der Waals surface area contributed by atoms with Gasteiger partial charge in [-0.25, -0.2) is 4.99 Å². The van der Waals surface area contributed by atoms with Gasteiger partial charge < -0.3 is 4.74 Å². The SMILES string of the molecule is CCCOc1ccc(Cl)cc1/C=C1\SC(=Nc2ccc(Cl)cc2)N(c2ccc(Cl)cc2)C1=O. The van der Waals surface area contributed by atoms with Crippen LogP contribution in [-0.4, -0.2) is 17.7 Å². The number of ether oxygens (including phenoxy) is 1. The van der Waals surface area contributed by atoms with E-state index >= 15 is 0 Å². The molecular weight excluding hydrogens is 499 g/mol. The van der Waals surface area contributed by atoms with Crippen LogP contribution in [0, 0.1) is 0 Å². The third kappa shape index (κ3) is 5.74. The lowest BCUT2D eigenvalue weighted by Gasteiger charge is -2.15. The van der Waals surface area contributed by atoms with E-state index in [0.717, 1.165) is 12.0 Å². The second kappa shape index (κ2) is 10.7. The number of aliphatic imine (C=N–C) groups is 1. The molecule has 168 valence electrons. The highest BCUT2D eigenvalue weighted by Crippen LogP contribution is 2.39. The first-order chi connectivity index (χ1) is 15.9. The minimum atomic E-state index is -0.198. The van der Waals surface area contributed by atoms with Crippen LogP contribution in [0.25, 0.3) is 6.08 Å². The van der Waals surface area contributed by atoms with Crippen LogP contribution in [0.1, 0.15) is 18.9 Å². The zero-order chi connectivity index (χ0) is 23.4. The van der Waals surface area contributed by atoms with Crippen LogP contribution in [0.2, 0.25) is 15.1 Å². The van der Waals surface area contributed by atoms with Gasteiger partial charge in [0.25, 0.3) is 5.91 Å². The summed E-state index contributed by atoms with van der Waals surface area (Å²) in [5, 5.41) is 2.28. The first-order valence-corrected chi connectivity index (χ1v) is 12.2. The van der Waals surface area contributed by atoms with Gasteiger partial charge in [-0.2, -0.15) is 0 Å². The van der Waals surface area contributed by atoms with Crippen molar-refractivity contribution in [2.75, 3.05) is 11.5 Å². The fourth-order valence-electron chi connectivity index (χ4n) is 3.11. The Morgan fingerprint density at radius 3 is 2.24 bits per heavy atom. The van der Waals surface area contributed by atoms with E-state index in [0.29, 0.717) is 48.9 Å². The second-order valence-electron chi connectivity index (χ2n) is 7.13. The number of hydrogen-bond acceptors (Lipinski definition) is 4. The van der Waals surface area contributed by atoms with Gasteiger partial charge >= 0.3 is 0 Å². The molecule has 33 heavy (non-hydrogen) atoms. The molecule has 1 heterocycles. The van der Waals surface area contributed by atoms with Crippen LogP contribution in [0.3, 0.4) is 0 Å². The summed E-state index contributed by atoms with van der Waals surface area (Å²) in [5.74, 6) is 0.472. The predicted molar refractivity (Wildman–Crippen MR) is 140 cm³/mol. The summed E-state index contributed by atoms with van der Waals surface area (Å²) >= 11 is 19.6. The first-order valence-electron chi connectivity index (χ1n) is 10.2. The number of carbonyl (C=O) groups excluding carboxylic acids is 1. The summed E-state index contributed by atoms with van der Waals surface area (Å²) in [5.41, 5.74) is 2.09. The molecule has 4 nitrogen and oxygen atoms in total. The monoisotopic (exact) mass is 516 g/mol. The standard InChI is InChI=1S/C25H19Cl3N2O2S/c1-2-13-32-22-12-7-19(28)14-16(22)15-23-24(31)30(21-10-5-18(27)6-11-21)25(33-23)29-20-8-3-17(26)4-9-20/h3-12,14-15H,2,13H2,1H3/b23-15-,29-25?. The summed E-state index contributed by atoms with van der Waals surface area (Å²) < 4.78 is 5.85. The summed E-state index contributed by atoms with van der Waals surface area (Å²) in [6.45, 7) is 2.60. The van der Waals surface area contributed by atoms with E-state index < -0.39 is 0 Å². The molecule has 1 fully saturated rings. The lowest BCUT2D eigenvalue weighted by molar-refractivity contribution is -0.113. The molecule has 0 atom stereocenters. The Balaban J connectivity index is 1.77. The quantitative estimate of drug-likeness (QED) is 0.309. The number of benzene rings is 3. The Kier molecular flexibility index (Phi) is 7.66. The van der Waals surface area contributed by atoms with Gasteiger partial charge in [0.2, 0.25) is 0 Å². The number of rotatable bonds is 6. The van der Waals surface area contributed by atoms with Crippen LogP contribution in [0.15, 0.2) is 76.6 Å². The normalized spacial score (nSPS) is 16.1. The Morgan fingerprint density at radius 1 is 0.939 bits per heavy atom. The average molecular weight is 518 g/mol. The van der Waals surface area contributed by atoms with E-state index in [9.17, 15) is 4.79 Å². The van der Waals surface area contributed by atoms with Crippen LogP contribution in [-0.2, 0) is 4.79 Å². The molecule has 0 radical (unpaired) electrons. The molecule has 3 aromatic carbocycles. The molecule has 0 bridgehead atoms. The molecule has 4 rings (SSSR count). The zero-order valence-corrected chi connectivity index (χ0v) is 20.7. The molecule has 1 amide bonds. The van der Waals surface area contributed by atoms with Gasteiger partial charge in [0, 0.05) is 20.6 Å². The van der Waals surface area contributed by atoms with Crippen molar-refractivity contribution in [1.82, 2.24) is 0 Å². The van der Waals surface area contributed by atoms with Gasteiger partial charge in [0.1, 0.15) is 5.75 Å². The minimum Gasteiger partial charge on any atom is -0.493 e. The van der Waals surface area contributed by atoms with Gasteiger partial charge in [-0.15, -0.1) is 0 Å². The van der Waals surface area contributed by atoms with Crippen LogP contribution in [0.5, 0.6) is 5.75 Å². The minimum absolute atomic E-state index is 0.198. The van der Waals surface area contributed by atoms with Crippen molar-refractivity contribution in [2.45, 2.75) is 13.3 Å². The van der Waals surface area contributed by atoms with Gasteiger partial charge in [-0.3, -0.25) is 9.69 Å². The van der Waals surface area contributed by atoms with Gasteiger partial charge in [0.05, 0.1) is 22.9 Å². The highest BCUT2D eigenvalue weighted by molar-refractivity contribution is 8.19. The summed E-state index contributed by atoms with van der Waals surface area (Å²) in [6.07, 6.45) is 2.66. The summed E-state index contributed by atoms with van der Waals surface area (Å²) in [6, 6.07) is 19.5. The third-order valence-corrected chi connectivity index (χ3v) is 6.37. The number of hydrogen-bond donors (Lipinski definition) is 0. The Hall–Kier alpha value is -2.44. The lowest BCUT2D eigenvalue weighted by atomic mass is 10.1. The smallest absolute Gasteiger partial charge is 0.271 e. The average Bonchev–Trinajstić information content (AvgIpc) is 3.10. The number of nitrogens with zero attached hydrogens (tertiary/aromatic N) is 2. The Bertz CT molecular complexity index is 1230. The first kappa shape index (κ1) is 23.7. The zero-order valence-electron chi connectivity index (χ0n) is 17.6. The molecule has 1 aliphatic heterocycles. The predicted octanol–water partition coefficient (Wildman–Crippen LogP) is 8.24. The van der Waals surface area contributed by atoms with Crippen LogP contribution < -0.4 is 9.64 Å². The van der Waals surface area contributed by atoms with Crippen molar-refractivity contribution in [3.05, 3.63) is 92.3 Å². The molecule has 3 aromatic rings. The highest BCUT2D eigenvalue weighted by atomic mass is 35.5. The fourth-order valence-corrected chi connectivity index (χ4v) is 4.53. The lowest BCUT2D eigenvalue weighted by Crippen LogP contribution is -2.28. The number of halogens is 3. The molecular formula is C25H19Cl3N2O2S. The van der Waals surface area contributed by atoms with Crippen molar-refractivity contribution < 1.29 is 9.53 Å². The Labute approximate surface area is 211 Å². The molecule has 1 saturated heterocycles. The molecule has 0 saturated carbocycles. The van der Waals surface area contributed by atoms with E-state index in [1.807, 2.05) is 13.0 Å². The van der Waals surface area contributed by atoms with Crippen molar-refractivity contribution in [3.63, 3.8) is 0 Å². The maximum atomic E-state index is 13.5. The maximum Gasteiger partial charge on any atom is 0.271 e. The highest BCUT2D eigenvalue weighted by Gasteiger charge is 2.35. The van der Waals surface area contributed by atoms with E-state index in [4.69, 9.17) is 44.5 Å². The van der Waals surface area contributed by atoms with Crippen molar-refractivity contribution in [1.29, 1.82) is 0 Å². The number of anilines is 1. The van der Waals surface area contributed by atoms with E-state index in [-0.39, 0.29) is 5.91 Å². The largest absolute Gasteiger partial charge is 0.493 e. The maximum absolute atomic E-state index is 13.5. The second-order valence-corrected chi connectivity index (χ2v) is 9.45. The Morgan fingerprint density at radius 2 is 1.58 bits per heavy atom. The number of thioether (sulfide) groups is 1. The van der Waals surface area contributed by atoms with Gasteiger partial charge in [0.15, 0.2) is 5.17 Å². The number of carbonyl (C=O) groups is 1. The molecule has 0 N–H and O–H groups in total. The molecule has 0 aliphatic carbocycles. The molecule has 0 spiro atoms. The van der Waals surface area contributed by atoms with Crippen LogP contribution in [0.4, 0.5) is 11.4 Å². The van der Waals surface area contributed by atoms with Crippen molar-refractivity contribution >= 4 is 75.1 Å². The molecule has 1 aliphatic rings. The topological polar surface area (TPSA) is 41.9 Å².